The van der Waals surface area contributed by atoms with Crippen molar-refractivity contribution in [1.82, 2.24) is 0 Å². The van der Waals surface area contributed by atoms with E-state index in [0.29, 0.717) is 11.5 Å². The second kappa shape index (κ2) is 19.3. The number of aliphatic hydroxyl groups excluding tert-OH is 3. The van der Waals surface area contributed by atoms with Crippen molar-refractivity contribution in [2.75, 3.05) is 0 Å². The number of nitrogens with zero attached hydrogens (tertiary/aromatic N) is 2. The van der Waals surface area contributed by atoms with Crippen LogP contribution in [0.25, 0.3) is 0 Å². The van der Waals surface area contributed by atoms with Gasteiger partial charge >= 0.3 is 0 Å². The average Bonchev–Trinajstić information content (AvgIpc) is 3.48. The van der Waals surface area contributed by atoms with Crippen molar-refractivity contribution in [2.45, 2.75) is 99.0 Å². The first-order valence-corrected chi connectivity index (χ1v) is 13.4. The van der Waals surface area contributed by atoms with Crippen LogP contribution >= 0.6 is 0 Å². The Balaban J connectivity index is 0.000000807. The molecule has 2 aromatic rings. The maximum absolute atomic E-state index is 11.8. The molecular formula is C34H48N2O9. The molecule has 3 N–H and O–H groups in total. The molecule has 45 heavy (non-hydrogen) atoms. The maximum atomic E-state index is 11.8. The molecule has 11 heteroatoms. The maximum Gasteiger partial charge on any atom is 0.279 e. The number of hydrogen-bond donors (Lipinski definition) is 3. The van der Waals surface area contributed by atoms with Crippen molar-refractivity contribution in [3.8, 4) is 24.7 Å². The molecule has 0 bridgehead atoms. The molecule has 0 spiro atoms. The zero-order chi connectivity index (χ0) is 30.8. The van der Waals surface area contributed by atoms with Crippen LogP contribution in [0.4, 0.5) is 0 Å². The van der Waals surface area contributed by atoms with Crippen LogP contribution in [0, 0.1) is 41.0 Å². The summed E-state index contributed by atoms with van der Waals surface area (Å²) in [5.41, 5.74) is 2.07. The number of terminal acetylenes is 2. The summed E-state index contributed by atoms with van der Waals surface area (Å²) in [5.74, 6) is 4.13. The van der Waals surface area contributed by atoms with Gasteiger partial charge in [-0.3, -0.25) is 10.4 Å². The Morgan fingerprint density at radius 1 is 0.733 bits per heavy atom. The lowest BCUT2D eigenvalue weighted by atomic mass is 9.96. The Hall–Kier alpha value is -4.10. The van der Waals surface area contributed by atoms with Crippen LogP contribution in [0.2, 0.25) is 0 Å². The molecule has 0 saturated carbocycles. The normalized spacial score (nSPS) is 22.7. The van der Waals surface area contributed by atoms with E-state index in [1.54, 1.807) is 20.8 Å². The third kappa shape index (κ3) is 10.5. The zero-order valence-electron chi connectivity index (χ0n) is 23.6. The highest BCUT2D eigenvalue weighted by molar-refractivity contribution is 5.89. The summed E-state index contributed by atoms with van der Waals surface area (Å²) < 4.78 is 11.2. The summed E-state index contributed by atoms with van der Waals surface area (Å²) >= 11 is 0. The smallest absolute Gasteiger partial charge is 0.279 e. The molecule has 2 heterocycles. The lowest BCUT2D eigenvalue weighted by Gasteiger charge is -2.18. The van der Waals surface area contributed by atoms with Gasteiger partial charge in [-0.1, -0.05) is 88.9 Å². The van der Waals surface area contributed by atoms with Gasteiger partial charge in [-0.25, -0.2) is 0 Å². The van der Waals surface area contributed by atoms with Crippen molar-refractivity contribution < 1.29 is 44.3 Å². The van der Waals surface area contributed by atoms with E-state index in [1.807, 2.05) is 66.6 Å². The number of ether oxygens (including phenoxy) is 2. The summed E-state index contributed by atoms with van der Waals surface area (Å²) in [4.78, 5) is 10.4. The first kappa shape index (κ1) is 40.9. The van der Waals surface area contributed by atoms with Crippen LogP contribution in [-0.4, -0.2) is 79.3 Å². The van der Waals surface area contributed by atoms with E-state index < -0.39 is 42.7 Å². The lowest BCUT2D eigenvalue weighted by molar-refractivity contribution is -0.743. The molecule has 0 aliphatic carbocycles. The fraction of sp³-hybridized carbons (Fsp3) is 0.471. The molecule has 0 radical (unpaired) electrons. The van der Waals surface area contributed by atoms with Gasteiger partial charge in [0, 0.05) is 15.7 Å². The van der Waals surface area contributed by atoms with Crippen LogP contribution in [-0.2, 0) is 32.4 Å². The summed E-state index contributed by atoms with van der Waals surface area (Å²) in [5, 5.41) is 53.3. The molecule has 0 fully saturated rings. The molecular weight excluding hydrogens is 580 g/mol. The first-order chi connectivity index (χ1) is 20.1. The minimum atomic E-state index is -1.37. The van der Waals surface area contributed by atoms with E-state index in [9.17, 15) is 25.7 Å². The monoisotopic (exact) mass is 628 g/mol. The predicted octanol–water partition coefficient (Wildman–Crippen LogP) is 3.61. The quantitative estimate of drug-likeness (QED) is 0.265. The lowest BCUT2D eigenvalue weighted by Crippen LogP contribution is -2.41. The van der Waals surface area contributed by atoms with Gasteiger partial charge in [0.25, 0.3) is 11.4 Å². The van der Waals surface area contributed by atoms with Gasteiger partial charge in [-0.2, -0.15) is 0 Å². The molecule has 4 rings (SSSR count). The largest absolute Gasteiger partial charge is 0.395 e. The minimum absolute atomic E-state index is 0. The molecule has 2 aromatic carbocycles. The van der Waals surface area contributed by atoms with Crippen LogP contribution in [0.1, 0.15) is 54.2 Å². The van der Waals surface area contributed by atoms with Crippen LogP contribution in [0.3, 0.4) is 0 Å². The second-order valence-corrected chi connectivity index (χ2v) is 9.84. The van der Waals surface area contributed by atoms with E-state index in [0.717, 1.165) is 11.1 Å². The topological polar surface area (TPSA) is 150 Å². The van der Waals surface area contributed by atoms with E-state index >= 15 is 0 Å². The summed E-state index contributed by atoms with van der Waals surface area (Å²) in [6, 6.07) is 19.0. The Morgan fingerprint density at radius 3 is 1.49 bits per heavy atom. The predicted molar refractivity (Wildman–Crippen MR) is 173 cm³/mol. The molecule has 8 atom stereocenters. The fourth-order valence-corrected chi connectivity index (χ4v) is 4.33. The highest BCUT2D eigenvalue weighted by Gasteiger charge is 2.45. The third-order valence-electron chi connectivity index (χ3n) is 6.84. The summed E-state index contributed by atoms with van der Waals surface area (Å²) in [7, 11) is 0. The number of hydrogen-bond acceptors (Lipinski definition) is 9. The molecule has 0 amide bonds. The van der Waals surface area contributed by atoms with Crippen LogP contribution < -0.4 is 0 Å². The third-order valence-corrected chi connectivity index (χ3v) is 6.84. The van der Waals surface area contributed by atoms with Gasteiger partial charge < -0.3 is 34.5 Å². The van der Waals surface area contributed by atoms with E-state index in [1.165, 1.54) is 0 Å². The molecule has 2 aliphatic rings. The first-order valence-electron chi connectivity index (χ1n) is 13.4. The van der Waals surface area contributed by atoms with Crippen molar-refractivity contribution >= 4 is 11.4 Å². The molecule has 248 valence electrons. The summed E-state index contributed by atoms with van der Waals surface area (Å²) in [6.45, 7) is 5.69. The second-order valence-electron chi connectivity index (χ2n) is 9.84. The van der Waals surface area contributed by atoms with Crippen molar-refractivity contribution in [2.24, 2.45) is 5.92 Å². The molecule has 0 unspecified atom stereocenters. The standard InChI is InChI=1S/C16H19NO4.C15H17NO5.3CH4/c1-4-11(2)16-15(18)14(17(19)21-16)12(3)20-10-13-8-6-5-7-9-13;1-3-12(17)15-14(18)13(16(19)21-15)10(2)20-9-11-7-5-4-6-8-11;;;/h1,5-9,11-12,15-16,18H,10H2,2-3H3;1,4-8,10,12,14-15,17-18H,9H2,2H3;3*1H4/t11-,12-,15-,16-;10-,12-,14-,15-;;;/m11.../s1. The number of aliphatic hydroxyl groups is 3. The van der Waals surface area contributed by atoms with Crippen LogP contribution in [0.5, 0.6) is 0 Å². The zero-order valence-corrected chi connectivity index (χ0v) is 23.6. The molecule has 0 saturated heterocycles. The van der Waals surface area contributed by atoms with Crippen molar-refractivity contribution in [3.63, 3.8) is 0 Å². The fourth-order valence-electron chi connectivity index (χ4n) is 4.33. The minimum Gasteiger partial charge on any atom is -0.395 e. The van der Waals surface area contributed by atoms with Gasteiger partial charge in [0.2, 0.25) is 0 Å². The van der Waals surface area contributed by atoms with Gasteiger partial charge in [-0.15, -0.1) is 18.8 Å². The van der Waals surface area contributed by atoms with Gasteiger partial charge in [0.1, 0.15) is 30.5 Å². The Bertz CT molecular complexity index is 1200. The van der Waals surface area contributed by atoms with Crippen LogP contribution in [0.15, 0.2) is 60.7 Å². The van der Waals surface area contributed by atoms with E-state index in [2.05, 4.69) is 5.92 Å². The average molecular weight is 629 g/mol. The van der Waals surface area contributed by atoms with E-state index in [4.69, 9.17) is 32.0 Å². The Morgan fingerprint density at radius 2 is 1.11 bits per heavy atom. The van der Waals surface area contributed by atoms with Crippen molar-refractivity contribution in [3.05, 3.63) is 82.2 Å². The van der Waals surface area contributed by atoms with Crippen molar-refractivity contribution in [1.29, 1.82) is 0 Å². The molecule has 2 aliphatic heterocycles. The number of rotatable bonds is 10. The van der Waals surface area contributed by atoms with Gasteiger partial charge in [0.15, 0.2) is 12.2 Å². The highest BCUT2D eigenvalue weighted by atomic mass is 16.9. The van der Waals surface area contributed by atoms with E-state index in [-0.39, 0.29) is 51.1 Å². The molecule has 0 aromatic heterocycles. The SMILES string of the molecule is C.C.C.C#C[C@@H](C)[C@H]1O[N+]([O-])=C([C@@H](C)OCc2ccccc2)[C@H]1O.C#C[C@@H](O)[C@H]1O[N+]([O-])=C([C@@H](C)OCc2ccccc2)[C@H]1O. The van der Waals surface area contributed by atoms with Gasteiger partial charge in [0.05, 0.1) is 13.2 Å². The highest BCUT2D eigenvalue weighted by Crippen LogP contribution is 2.22. The van der Waals surface area contributed by atoms with Gasteiger partial charge in [-0.05, 0) is 31.9 Å². The Kier molecular flexibility index (Phi) is 17.6. The number of benzene rings is 2. The summed E-state index contributed by atoms with van der Waals surface area (Å²) in [6.07, 6.45) is 3.51. The molecule has 11 nitrogen and oxygen atoms in total. The Labute approximate surface area is 267 Å².